The molecule has 0 heterocycles. The van der Waals surface area contributed by atoms with E-state index in [9.17, 15) is 9.59 Å². The first-order valence-electron chi connectivity index (χ1n) is 11.8. The van der Waals surface area contributed by atoms with Gasteiger partial charge in [0.2, 0.25) is 11.8 Å². The lowest BCUT2D eigenvalue weighted by Gasteiger charge is -2.32. The fourth-order valence-electron chi connectivity index (χ4n) is 3.76. The second-order valence-electron chi connectivity index (χ2n) is 8.84. The third kappa shape index (κ3) is 8.18. The molecule has 2 amide bonds. The molecule has 3 rings (SSSR count). The van der Waals surface area contributed by atoms with Gasteiger partial charge in [0.15, 0.2) is 0 Å². The van der Waals surface area contributed by atoms with Crippen molar-refractivity contribution in [2.24, 2.45) is 0 Å². The van der Waals surface area contributed by atoms with Gasteiger partial charge < -0.3 is 15.0 Å². The van der Waals surface area contributed by atoms with Gasteiger partial charge in [0.1, 0.15) is 11.8 Å². The molecule has 0 aliphatic rings. The van der Waals surface area contributed by atoms with Crippen LogP contribution in [0.3, 0.4) is 0 Å². The number of nitrogens with one attached hydrogen (secondary N) is 1. The molecule has 0 spiro atoms. The number of carbonyl (C=O) groups excluding carboxylic acids is 2. The van der Waals surface area contributed by atoms with Crippen molar-refractivity contribution < 1.29 is 14.3 Å². The number of ether oxygens (including phenoxy) is 1. The highest BCUT2D eigenvalue weighted by Crippen LogP contribution is 2.22. The Morgan fingerprint density at radius 2 is 1.63 bits per heavy atom. The van der Waals surface area contributed by atoms with Crippen LogP contribution in [0.5, 0.6) is 5.75 Å². The third-order valence-electron chi connectivity index (χ3n) is 5.57. The molecule has 0 radical (unpaired) electrons. The van der Waals surface area contributed by atoms with Crippen LogP contribution in [0.25, 0.3) is 0 Å². The molecular weight excluding hydrogens is 456 g/mol. The average molecular weight is 491 g/mol. The maximum absolute atomic E-state index is 13.7. The second-order valence-corrected chi connectivity index (χ2v) is 9.89. The number of aryl methyl sites for hydroxylation is 1. The van der Waals surface area contributed by atoms with Crippen molar-refractivity contribution in [3.63, 3.8) is 0 Å². The first-order chi connectivity index (χ1) is 16.9. The van der Waals surface area contributed by atoms with Crippen LogP contribution in [-0.4, -0.2) is 41.7 Å². The molecule has 0 aliphatic heterocycles. The summed E-state index contributed by atoms with van der Waals surface area (Å²) in [6, 6.07) is 24.9. The molecule has 0 aromatic heterocycles. The van der Waals surface area contributed by atoms with Crippen molar-refractivity contribution in [2.45, 2.75) is 50.7 Å². The summed E-state index contributed by atoms with van der Waals surface area (Å²) in [4.78, 5) is 29.8. The van der Waals surface area contributed by atoms with Gasteiger partial charge in [-0.3, -0.25) is 9.59 Å². The zero-order valence-corrected chi connectivity index (χ0v) is 21.7. The Bertz CT molecular complexity index is 1100. The van der Waals surface area contributed by atoms with E-state index in [1.165, 1.54) is 17.3 Å². The van der Waals surface area contributed by atoms with Crippen LogP contribution in [0, 0.1) is 6.92 Å². The van der Waals surface area contributed by atoms with E-state index >= 15 is 0 Å². The minimum atomic E-state index is -0.642. The Hall–Kier alpha value is -3.25. The van der Waals surface area contributed by atoms with E-state index in [4.69, 9.17) is 4.74 Å². The van der Waals surface area contributed by atoms with Crippen molar-refractivity contribution in [1.82, 2.24) is 10.2 Å². The Kier molecular flexibility index (Phi) is 9.79. The lowest BCUT2D eigenvalue weighted by atomic mass is 10.0. The molecule has 1 unspecified atom stereocenters. The minimum absolute atomic E-state index is 0.0310. The number of carbonyl (C=O) groups is 2. The Balaban J connectivity index is 1.91. The molecule has 1 atom stereocenters. The van der Waals surface area contributed by atoms with Gasteiger partial charge in [0.25, 0.3) is 0 Å². The molecule has 3 aromatic rings. The van der Waals surface area contributed by atoms with Gasteiger partial charge in [-0.15, -0.1) is 11.8 Å². The van der Waals surface area contributed by atoms with Crippen molar-refractivity contribution in [3.8, 4) is 5.75 Å². The summed E-state index contributed by atoms with van der Waals surface area (Å²) in [7, 11) is 1.62. The van der Waals surface area contributed by atoms with E-state index in [1.807, 2.05) is 99.6 Å². The summed E-state index contributed by atoms with van der Waals surface area (Å²) in [6.45, 7) is 6.21. The molecule has 0 fully saturated rings. The smallest absolute Gasteiger partial charge is 0.243 e. The van der Waals surface area contributed by atoms with Crippen LogP contribution in [0.4, 0.5) is 0 Å². The quantitative estimate of drug-likeness (QED) is 0.373. The van der Waals surface area contributed by atoms with E-state index in [0.29, 0.717) is 13.0 Å². The number of rotatable bonds is 11. The largest absolute Gasteiger partial charge is 0.497 e. The van der Waals surface area contributed by atoms with Crippen molar-refractivity contribution in [3.05, 3.63) is 95.6 Å². The summed E-state index contributed by atoms with van der Waals surface area (Å²) in [6.07, 6.45) is 0.435. The summed E-state index contributed by atoms with van der Waals surface area (Å²) >= 11 is 1.49. The van der Waals surface area contributed by atoms with Gasteiger partial charge in [0, 0.05) is 23.9 Å². The van der Waals surface area contributed by atoms with Gasteiger partial charge in [0.05, 0.1) is 12.9 Å². The van der Waals surface area contributed by atoms with E-state index in [0.717, 1.165) is 21.8 Å². The van der Waals surface area contributed by atoms with Crippen LogP contribution >= 0.6 is 11.8 Å². The standard InChI is InChI=1S/C29H34N2O3S/c1-21(2)30-29(33)27(18-23-9-6-5-7-10-23)31(19-24-11-8-12-25(17-24)34-4)28(32)20-35-26-15-13-22(3)14-16-26/h5-17,21,27H,18-20H2,1-4H3,(H,30,33). The highest BCUT2D eigenvalue weighted by Gasteiger charge is 2.30. The topological polar surface area (TPSA) is 58.6 Å². The number of amides is 2. The summed E-state index contributed by atoms with van der Waals surface area (Å²) in [5.74, 6) is 0.724. The van der Waals surface area contributed by atoms with Crippen LogP contribution in [0.2, 0.25) is 0 Å². The second kappa shape index (κ2) is 13.0. The van der Waals surface area contributed by atoms with E-state index in [2.05, 4.69) is 5.32 Å². The van der Waals surface area contributed by atoms with E-state index in [-0.39, 0.29) is 23.6 Å². The zero-order chi connectivity index (χ0) is 25.2. The third-order valence-corrected chi connectivity index (χ3v) is 6.57. The van der Waals surface area contributed by atoms with Crippen molar-refractivity contribution in [2.75, 3.05) is 12.9 Å². The zero-order valence-electron chi connectivity index (χ0n) is 20.9. The molecule has 35 heavy (non-hydrogen) atoms. The van der Waals surface area contributed by atoms with Gasteiger partial charge in [-0.2, -0.15) is 0 Å². The van der Waals surface area contributed by atoms with Crippen LogP contribution in [0.15, 0.2) is 83.8 Å². The molecule has 6 heteroatoms. The van der Waals surface area contributed by atoms with Gasteiger partial charge in [-0.25, -0.2) is 0 Å². The number of hydrogen-bond acceptors (Lipinski definition) is 4. The molecule has 1 N–H and O–H groups in total. The number of hydrogen-bond donors (Lipinski definition) is 1. The first-order valence-corrected chi connectivity index (χ1v) is 12.8. The SMILES string of the molecule is COc1cccc(CN(C(=O)CSc2ccc(C)cc2)C(Cc2ccccc2)C(=O)NC(C)C)c1. The lowest BCUT2D eigenvalue weighted by Crippen LogP contribution is -2.52. The maximum atomic E-state index is 13.7. The summed E-state index contributed by atoms with van der Waals surface area (Å²) in [5, 5.41) is 3.02. The summed E-state index contributed by atoms with van der Waals surface area (Å²) < 4.78 is 5.38. The average Bonchev–Trinajstić information content (AvgIpc) is 2.86. The Morgan fingerprint density at radius 1 is 0.943 bits per heavy atom. The fraction of sp³-hybridized carbons (Fsp3) is 0.310. The Labute approximate surface area is 212 Å². The van der Waals surface area contributed by atoms with Crippen molar-refractivity contribution >= 4 is 23.6 Å². The monoisotopic (exact) mass is 490 g/mol. The highest BCUT2D eigenvalue weighted by atomic mass is 32.2. The number of benzene rings is 3. The van der Waals surface area contributed by atoms with E-state index < -0.39 is 6.04 Å². The normalized spacial score (nSPS) is 11.7. The molecular formula is C29H34N2O3S. The predicted molar refractivity (Wildman–Crippen MR) is 143 cm³/mol. The van der Waals surface area contributed by atoms with Gasteiger partial charge >= 0.3 is 0 Å². The summed E-state index contributed by atoms with van der Waals surface area (Å²) in [5.41, 5.74) is 3.09. The highest BCUT2D eigenvalue weighted by molar-refractivity contribution is 8.00. The molecule has 0 saturated carbocycles. The molecule has 0 saturated heterocycles. The molecule has 0 bridgehead atoms. The minimum Gasteiger partial charge on any atom is -0.497 e. The molecule has 3 aromatic carbocycles. The molecule has 184 valence electrons. The van der Waals surface area contributed by atoms with E-state index in [1.54, 1.807) is 12.0 Å². The molecule has 5 nitrogen and oxygen atoms in total. The van der Waals surface area contributed by atoms with Crippen LogP contribution < -0.4 is 10.1 Å². The van der Waals surface area contributed by atoms with Gasteiger partial charge in [-0.05, 0) is 56.2 Å². The van der Waals surface area contributed by atoms with Crippen LogP contribution in [0.1, 0.15) is 30.5 Å². The number of nitrogens with zero attached hydrogens (tertiary/aromatic N) is 1. The first kappa shape index (κ1) is 26.4. The number of methoxy groups -OCH3 is 1. The molecule has 0 aliphatic carbocycles. The Morgan fingerprint density at radius 3 is 2.29 bits per heavy atom. The van der Waals surface area contributed by atoms with Crippen molar-refractivity contribution in [1.29, 1.82) is 0 Å². The maximum Gasteiger partial charge on any atom is 0.243 e. The predicted octanol–water partition coefficient (Wildman–Crippen LogP) is 5.26. The van der Waals surface area contributed by atoms with Gasteiger partial charge in [-0.1, -0.05) is 60.2 Å². The lowest BCUT2D eigenvalue weighted by molar-refractivity contribution is -0.139. The van der Waals surface area contributed by atoms with Crippen LogP contribution in [-0.2, 0) is 22.6 Å². The fourth-order valence-corrected chi connectivity index (χ4v) is 4.55. The number of thioether (sulfide) groups is 1.